The van der Waals surface area contributed by atoms with Crippen LogP contribution < -0.4 is 5.32 Å². The zero-order chi connectivity index (χ0) is 26.0. The molecule has 0 saturated heterocycles. The van der Waals surface area contributed by atoms with Crippen LogP contribution in [0.5, 0.6) is 0 Å². The van der Waals surface area contributed by atoms with Gasteiger partial charge in [0.1, 0.15) is 6.04 Å². The number of carbonyl (C=O) groups excluding carboxylic acids is 2. The van der Waals surface area contributed by atoms with E-state index < -0.39 is 6.04 Å². The van der Waals surface area contributed by atoms with Crippen LogP contribution in [-0.2, 0) is 28.3 Å². The van der Waals surface area contributed by atoms with Gasteiger partial charge in [-0.1, -0.05) is 96.7 Å². The van der Waals surface area contributed by atoms with E-state index in [0.29, 0.717) is 29.5 Å². The summed E-state index contributed by atoms with van der Waals surface area (Å²) in [7, 11) is 0. The van der Waals surface area contributed by atoms with E-state index in [0.717, 1.165) is 42.4 Å². The van der Waals surface area contributed by atoms with Crippen molar-refractivity contribution in [3.63, 3.8) is 0 Å². The van der Waals surface area contributed by atoms with Crippen molar-refractivity contribution in [3.05, 3.63) is 106 Å². The van der Waals surface area contributed by atoms with Gasteiger partial charge in [0.25, 0.3) is 0 Å². The number of nitrogens with one attached hydrogen (secondary N) is 1. The molecular weight excluding hydrogens is 500 g/mol. The first kappa shape index (κ1) is 27.3. The predicted molar refractivity (Wildman–Crippen MR) is 154 cm³/mol. The molecule has 1 aliphatic carbocycles. The quantitative estimate of drug-likeness (QED) is 0.302. The lowest BCUT2D eigenvalue weighted by Crippen LogP contribution is -2.52. The smallest absolute Gasteiger partial charge is 0.243 e. The maximum absolute atomic E-state index is 13.7. The van der Waals surface area contributed by atoms with Crippen molar-refractivity contribution in [1.29, 1.82) is 0 Å². The minimum absolute atomic E-state index is 0.0323. The zero-order valence-electron chi connectivity index (χ0n) is 21.4. The topological polar surface area (TPSA) is 49.4 Å². The molecule has 2 amide bonds. The lowest BCUT2D eigenvalue weighted by Gasteiger charge is -2.32. The number of halogens is 1. The van der Waals surface area contributed by atoms with E-state index in [1.165, 1.54) is 5.56 Å². The Balaban J connectivity index is 1.56. The van der Waals surface area contributed by atoms with Crippen molar-refractivity contribution < 1.29 is 9.59 Å². The highest BCUT2D eigenvalue weighted by atomic mass is 35.5. The Labute approximate surface area is 229 Å². The van der Waals surface area contributed by atoms with Crippen molar-refractivity contribution in [2.75, 3.05) is 5.75 Å². The molecule has 194 valence electrons. The fraction of sp³-hybridized carbons (Fsp3) is 0.355. The minimum atomic E-state index is -0.580. The van der Waals surface area contributed by atoms with Crippen molar-refractivity contribution >= 4 is 35.2 Å². The monoisotopic (exact) mass is 534 g/mol. The minimum Gasteiger partial charge on any atom is -0.352 e. The molecule has 4 rings (SSSR count). The van der Waals surface area contributed by atoms with Gasteiger partial charge in [0.05, 0.1) is 5.75 Å². The lowest BCUT2D eigenvalue weighted by molar-refractivity contribution is -0.139. The van der Waals surface area contributed by atoms with Gasteiger partial charge < -0.3 is 10.2 Å². The molecule has 0 aliphatic heterocycles. The summed E-state index contributed by atoms with van der Waals surface area (Å²) in [5.41, 5.74) is 4.31. The van der Waals surface area contributed by atoms with E-state index in [2.05, 4.69) is 17.4 Å². The number of rotatable bonds is 11. The third-order valence-corrected chi connectivity index (χ3v) is 8.05. The Morgan fingerprint density at radius 2 is 1.65 bits per heavy atom. The number of carbonyl (C=O) groups is 2. The van der Waals surface area contributed by atoms with E-state index >= 15 is 0 Å². The van der Waals surface area contributed by atoms with E-state index in [1.54, 1.807) is 16.7 Å². The van der Waals surface area contributed by atoms with Gasteiger partial charge in [0.15, 0.2) is 0 Å². The van der Waals surface area contributed by atoms with Crippen LogP contribution in [0, 0.1) is 6.92 Å². The van der Waals surface area contributed by atoms with Crippen LogP contribution >= 0.6 is 23.4 Å². The van der Waals surface area contributed by atoms with E-state index in [-0.39, 0.29) is 17.9 Å². The SMILES string of the molecule is Cc1ccc(CN(C(=O)CSCc2cccc(Cl)c2)[C@H](Cc2ccccc2)C(=O)NC2CCCC2)cc1. The van der Waals surface area contributed by atoms with E-state index in [9.17, 15) is 9.59 Å². The van der Waals surface area contributed by atoms with Crippen LogP contribution in [0.15, 0.2) is 78.9 Å². The number of aryl methyl sites for hydroxylation is 1. The van der Waals surface area contributed by atoms with Crippen LogP contribution in [0.2, 0.25) is 5.02 Å². The number of hydrogen-bond acceptors (Lipinski definition) is 3. The maximum Gasteiger partial charge on any atom is 0.243 e. The van der Waals surface area contributed by atoms with Crippen molar-refractivity contribution in [3.8, 4) is 0 Å². The van der Waals surface area contributed by atoms with Crippen molar-refractivity contribution in [1.82, 2.24) is 10.2 Å². The third-order valence-electron chi connectivity index (χ3n) is 6.83. The Morgan fingerprint density at radius 1 is 0.946 bits per heavy atom. The Kier molecular flexibility index (Phi) is 10.1. The normalized spacial score (nSPS) is 14.3. The van der Waals surface area contributed by atoms with Gasteiger partial charge in [-0.25, -0.2) is 0 Å². The molecule has 3 aromatic carbocycles. The van der Waals surface area contributed by atoms with E-state index in [4.69, 9.17) is 11.6 Å². The molecule has 0 heterocycles. The second kappa shape index (κ2) is 13.7. The molecule has 0 unspecified atom stereocenters. The Hall–Kier alpha value is -2.76. The highest BCUT2D eigenvalue weighted by molar-refractivity contribution is 7.99. The lowest BCUT2D eigenvalue weighted by atomic mass is 10.0. The zero-order valence-corrected chi connectivity index (χ0v) is 22.9. The van der Waals surface area contributed by atoms with Crippen molar-refractivity contribution in [2.45, 2.75) is 63.4 Å². The molecule has 6 heteroatoms. The van der Waals surface area contributed by atoms with Crippen LogP contribution in [0.4, 0.5) is 0 Å². The molecule has 0 bridgehead atoms. The summed E-state index contributed by atoms with van der Waals surface area (Å²) in [6.45, 7) is 2.44. The molecule has 0 spiro atoms. The number of nitrogens with zero attached hydrogens (tertiary/aromatic N) is 1. The predicted octanol–water partition coefficient (Wildman–Crippen LogP) is 6.58. The first-order chi connectivity index (χ1) is 18.0. The molecule has 4 nitrogen and oxygen atoms in total. The average molecular weight is 535 g/mol. The Bertz CT molecular complexity index is 1160. The molecule has 3 aromatic rings. The van der Waals surface area contributed by atoms with Crippen LogP contribution in [0.1, 0.15) is 47.9 Å². The van der Waals surface area contributed by atoms with Gasteiger partial charge in [0.2, 0.25) is 11.8 Å². The first-order valence-corrected chi connectivity index (χ1v) is 14.5. The van der Waals surface area contributed by atoms with Crippen LogP contribution in [0.25, 0.3) is 0 Å². The third kappa shape index (κ3) is 8.37. The number of amides is 2. The number of benzene rings is 3. The molecule has 0 radical (unpaired) electrons. The average Bonchev–Trinajstić information content (AvgIpc) is 3.41. The van der Waals surface area contributed by atoms with Crippen LogP contribution in [-0.4, -0.2) is 34.6 Å². The summed E-state index contributed by atoms with van der Waals surface area (Å²) >= 11 is 7.68. The van der Waals surface area contributed by atoms with Gasteiger partial charge >= 0.3 is 0 Å². The molecular formula is C31H35ClN2O2S. The van der Waals surface area contributed by atoms with Gasteiger partial charge in [-0.3, -0.25) is 9.59 Å². The Morgan fingerprint density at radius 3 is 2.35 bits per heavy atom. The second-order valence-corrected chi connectivity index (χ2v) is 11.2. The second-order valence-electron chi connectivity index (χ2n) is 9.83. The molecule has 1 aliphatic rings. The summed E-state index contributed by atoms with van der Waals surface area (Å²) in [4.78, 5) is 29.2. The fourth-order valence-corrected chi connectivity index (χ4v) is 5.85. The van der Waals surface area contributed by atoms with Gasteiger partial charge in [-0.15, -0.1) is 11.8 Å². The summed E-state index contributed by atoms with van der Waals surface area (Å²) in [5.74, 6) is 0.883. The summed E-state index contributed by atoms with van der Waals surface area (Å²) < 4.78 is 0. The fourth-order valence-electron chi connectivity index (χ4n) is 4.78. The van der Waals surface area contributed by atoms with Gasteiger partial charge in [-0.2, -0.15) is 0 Å². The summed E-state index contributed by atoms with van der Waals surface area (Å²) in [6.07, 6.45) is 4.77. The van der Waals surface area contributed by atoms with Crippen LogP contribution in [0.3, 0.4) is 0 Å². The standard InChI is InChI=1S/C31H35ClN2O2S/c1-23-14-16-25(17-15-23)20-34(30(35)22-37-21-26-10-7-11-27(32)18-26)29(19-24-8-3-2-4-9-24)31(36)33-28-12-5-6-13-28/h2-4,7-11,14-18,28-29H,5-6,12-13,19-22H2,1H3,(H,33,36)/t29-/m1/s1. The molecule has 1 atom stereocenters. The molecule has 0 aromatic heterocycles. The van der Waals surface area contributed by atoms with Crippen molar-refractivity contribution in [2.24, 2.45) is 0 Å². The van der Waals surface area contributed by atoms with E-state index in [1.807, 2.05) is 73.7 Å². The number of hydrogen-bond donors (Lipinski definition) is 1. The summed E-state index contributed by atoms with van der Waals surface area (Å²) in [5, 5.41) is 3.95. The summed E-state index contributed by atoms with van der Waals surface area (Å²) in [6, 6.07) is 25.5. The van der Waals surface area contributed by atoms with Gasteiger partial charge in [0, 0.05) is 29.8 Å². The molecule has 37 heavy (non-hydrogen) atoms. The first-order valence-electron chi connectivity index (χ1n) is 13.0. The molecule has 1 fully saturated rings. The number of thioether (sulfide) groups is 1. The highest BCUT2D eigenvalue weighted by Gasteiger charge is 2.32. The molecule has 1 saturated carbocycles. The maximum atomic E-state index is 13.7. The van der Waals surface area contributed by atoms with Gasteiger partial charge in [-0.05, 0) is 48.6 Å². The molecule has 1 N–H and O–H groups in total. The highest BCUT2D eigenvalue weighted by Crippen LogP contribution is 2.22. The largest absolute Gasteiger partial charge is 0.352 e.